The molecule has 19 heavy (non-hydrogen) atoms. The molecule has 2 rings (SSSR count). The number of hydrogen-bond donors (Lipinski definition) is 2. The number of aromatic nitrogens is 1. The van der Waals surface area contributed by atoms with E-state index < -0.39 is 0 Å². The van der Waals surface area contributed by atoms with E-state index in [2.05, 4.69) is 16.9 Å². The summed E-state index contributed by atoms with van der Waals surface area (Å²) >= 11 is 0. The van der Waals surface area contributed by atoms with Gasteiger partial charge in [-0.2, -0.15) is 0 Å². The molecule has 1 aromatic heterocycles. The van der Waals surface area contributed by atoms with Crippen molar-refractivity contribution in [2.45, 2.75) is 19.4 Å². The number of nitrogens with one attached hydrogen (secondary N) is 1. The van der Waals surface area contributed by atoms with Crippen LogP contribution < -0.4 is 5.73 Å². The first-order chi connectivity index (χ1) is 9.15. The van der Waals surface area contributed by atoms with Crippen LogP contribution in [0.5, 0.6) is 0 Å². The lowest BCUT2D eigenvalue weighted by Crippen LogP contribution is -2.30. The van der Waals surface area contributed by atoms with E-state index >= 15 is 0 Å². The third-order valence-electron chi connectivity index (χ3n) is 3.38. The van der Waals surface area contributed by atoms with E-state index in [9.17, 15) is 0 Å². The van der Waals surface area contributed by atoms with E-state index in [-0.39, 0.29) is 5.84 Å². The van der Waals surface area contributed by atoms with Crippen LogP contribution in [0.4, 0.5) is 0 Å². The molecule has 0 aromatic carbocycles. The first kappa shape index (κ1) is 14.0. The molecule has 5 nitrogen and oxygen atoms in total. The number of nitrogen functional groups attached to an aromatic ring is 1. The molecule has 3 N–H and O–H groups in total. The van der Waals surface area contributed by atoms with Crippen LogP contribution in [0.2, 0.25) is 0 Å². The number of pyridine rings is 1. The van der Waals surface area contributed by atoms with Crippen molar-refractivity contribution in [3.8, 4) is 0 Å². The standard InChI is InChI=1S/C14H22N4O/c1-18(9-12-3-2-6-19-10-12)8-11-4-5-17-13(7-11)14(15)16/h4-5,7,12H,2-3,6,8-10H2,1H3,(H3,15,16). The third-order valence-corrected chi connectivity index (χ3v) is 3.38. The highest BCUT2D eigenvalue weighted by atomic mass is 16.5. The molecule has 0 spiro atoms. The Balaban J connectivity index is 1.88. The number of amidine groups is 1. The highest BCUT2D eigenvalue weighted by Crippen LogP contribution is 2.15. The third kappa shape index (κ3) is 4.29. The molecule has 1 aliphatic heterocycles. The van der Waals surface area contributed by atoms with E-state index in [0.717, 1.165) is 31.9 Å². The average Bonchev–Trinajstić information content (AvgIpc) is 2.40. The summed E-state index contributed by atoms with van der Waals surface area (Å²) in [7, 11) is 2.11. The van der Waals surface area contributed by atoms with E-state index in [0.29, 0.717) is 11.6 Å². The molecule has 1 saturated heterocycles. The quantitative estimate of drug-likeness (QED) is 0.618. The van der Waals surface area contributed by atoms with Crippen molar-refractivity contribution in [2.24, 2.45) is 11.7 Å². The van der Waals surface area contributed by atoms with E-state index in [1.165, 1.54) is 12.8 Å². The second-order valence-corrected chi connectivity index (χ2v) is 5.24. The highest BCUT2D eigenvalue weighted by Gasteiger charge is 2.16. The molecule has 1 fully saturated rings. The molecule has 0 radical (unpaired) electrons. The van der Waals surface area contributed by atoms with Gasteiger partial charge in [0.2, 0.25) is 0 Å². The summed E-state index contributed by atoms with van der Waals surface area (Å²) < 4.78 is 5.50. The Labute approximate surface area is 114 Å². The maximum atomic E-state index is 7.40. The van der Waals surface area contributed by atoms with Crippen molar-refractivity contribution >= 4 is 5.84 Å². The van der Waals surface area contributed by atoms with Gasteiger partial charge in [-0.1, -0.05) is 0 Å². The summed E-state index contributed by atoms with van der Waals surface area (Å²) in [4.78, 5) is 6.36. The monoisotopic (exact) mass is 262 g/mol. The van der Waals surface area contributed by atoms with Crippen LogP contribution in [0.3, 0.4) is 0 Å². The van der Waals surface area contributed by atoms with Crippen LogP contribution in [0.1, 0.15) is 24.1 Å². The largest absolute Gasteiger partial charge is 0.382 e. The van der Waals surface area contributed by atoms with Crippen molar-refractivity contribution in [1.82, 2.24) is 9.88 Å². The SMILES string of the molecule is CN(Cc1ccnc(C(=N)N)c1)CC1CCCOC1. The smallest absolute Gasteiger partial charge is 0.141 e. The van der Waals surface area contributed by atoms with Crippen LogP contribution in [0.15, 0.2) is 18.3 Å². The van der Waals surface area contributed by atoms with Gasteiger partial charge in [-0.3, -0.25) is 10.4 Å². The van der Waals surface area contributed by atoms with Gasteiger partial charge in [0.1, 0.15) is 11.5 Å². The summed E-state index contributed by atoms with van der Waals surface area (Å²) in [6, 6.07) is 3.86. The number of nitrogens with two attached hydrogens (primary N) is 1. The van der Waals surface area contributed by atoms with Crippen LogP contribution in [0.25, 0.3) is 0 Å². The molecule has 1 unspecified atom stereocenters. The topological polar surface area (TPSA) is 75.2 Å². The summed E-state index contributed by atoms with van der Waals surface area (Å²) in [5.74, 6) is 0.651. The fourth-order valence-electron chi connectivity index (χ4n) is 2.49. The summed E-state index contributed by atoms with van der Waals surface area (Å²) in [5, 5.41) is 7.40. The van der Waals surface area contributed by atoms with E-state index in [1.54, 1.807) is 6.20 Å². The Bertz CT molecular complexity index is 429. The molecule has 5 heteroatoms. The molecule has 0 bridgehead atoms. The van der Waals surface area contributed by atoms with Gasteiger partial charge in [-0.25, -0.2) is 0 Å². The molecular weight excluding hydrogens is 240 g/mol. The Kier molecular flexibility index (Phi) is 4.87. The summed E-state index contributed by atoms with van der Waals surface area (Å²) in [6.07, 6.45) is 4.13. The molecule has 2 heterocycles. The fourth-order valence-corrected chi connectivity index (χ4v) is 2.49. The minimum absolute atomic E-state index is 0.0187. The zero-order chi connectivity index (χ0) is 13.7. The maximum absolute atomic E-state index is 7.40. The number of nitrogens with zero attached hydrogens (tertiary/aromatic N) is 2. The predicted octanol–water partition coefficient (Wildman–Crippen LogP) is 1.22. The lowest BCUT2D eigenvalue weighted by Gasteiger charge is -2.27. The number of rotatable bonds is 5. The number of ether oxygens (including phenoxy) is 1. The average molecular weight is 262 g/mol. The van der Waals surface area contributed by atoms with Crippen LogP contribution in [0, 0.1) is 11.3 Å². The molecule has 1 aliphatic rings. The second-order valence-electron chi connectivity index (χ2n) is 5.24. The van der Waals surface area contributed by atoms with Crippen molar-refractivity contribution in [3.63, 3.8) is 0 Å². The summed E-state index contributed by atoms with van der Waals surface area (Å²) in [6.45, 7) is 3.67. The van der Waals surface area contributed by atoms with Crippen molar-refractivity contribution in [3.05, 3.63) is 29.6 Å². The zero-order valence-corrected chi connectivity index (χ0v) is 11.4. The van der Waals surface area contributed by atoms with Gasteiger partial charge >= 0.3 is 0 Å². The molecule has 0 amide bonds. The number of hydrogen-bond acceptors (Lipinski definition) is 4. The first-order valence-electron chi connectivity index (χ1n) is 6.71. The minimum Gasteiger partial charge on any atom is -0.382 e. The molecular formula is C14H22N4O. The van der Waals surface area contributed by atoms with Crippen LogP contribution in [-0.2, 0) is 11.3 Å². The fraction of sp³-hybridized carbons (Fsp3) is 0.571. The van der Waals surface area contributed by atoms with Gasteiger partial charge in [0.25, 0.3) is 0 Å². The Morgan fingerprint density at radius 2 is 2.47 bits per heavy atom. The van der Waals surface area contributed by atoms with E-state index in [1.807, 2.05) is 12.1 Å². The molecule has 1 atom stereocenters. The van der Waals surface area contributed by atoms with Gasteiger partial charge in [0.15, 0.2) is 0 Å². The highest BCUT2D eigenvalue weighted by molar-refractivity contribution is 5.93. The second kappa shape index (κ2) is 6.63. The first-order valence-corrected chi connectivity index (χ1v) is 6.71. The van der Waals surface area contributed by atoms with Crippen LogP contribution >= 0.6 is 0 Å². The summed E-state index contributed by atoms with van der Waals surface area (Å²) in [5.41, 5.74) is 7.14. The van der Waals surface area contributed by atoms with Crippen molar-refractivity contribution in [1.29, 1.82) is 5.41 Å². The van der Waals surface area contributed by atoms with Gasteiger partial charge in [0, 0.05) is 25.9 Å². The minimum atomic E-state index is 0.0187. The van der Waals surface area contributed by atoms with Gasteiger partial charge < -0.3 is 15.4 Å². The Morgan fingerprint density at radius 1 is 1.63 bits per heavy atom. The van der Waals surface area contributed by atoms with Crippen LogP contribution in [-0.4, -0.2) is 42.5 Å². The van der Waals surface area contributed by atoms with Crippen molar-refractivity contribution in [2.75, 3.05) is 26.8 Å². The molecule has 0 aliphatic carbocycles. The Hall–Kier alpha value is -1.46. The van der Waals surface area contributed by atoms with E-state index in [4.69, 9.17) is 15.9 Å². The lowest BCUT2D eigenvalue weighted by molar-refractivity contribution is 0.0411. The molecule has 0 saturated carbocycles. The lowest BCUT2D eigenvalue weighted by atomic mass is 10.0. The van der Waals surface area contributed by atoms with Gasteiger partial charge in [-0.15, -0.1) is 0 Å². The molecule has 104 valence electrons. The van der Waals surface area contributed by atoms with Gasteiger partial charge in [0.05, 0.1) is 6.61 Å². The normalized spacial score (nSPS) is 19.6. The maximum Gasteiger partial charge on any atom is 0.141 e. The molecule has 1 aromatic rings. The predicted molar refractivity (Wildman–Crippen MR) is 75.1 cm³/mol. The Morgan fingerprint density at radius 3 is 3.16 bits per heavy atom. The van der Waals surface area contributed by atoms with Crippen molar-refractivity contribution < 1.29 is 4.74 Å². The van der Waals surface area contributed by atoms with Gasteiger partial charge in [-0.05, 0) is 43.5 Å². The zero-order valence-electron chi connectivity index (χ0n) is 11.4.